The molecule has 1 fully saturated rings. The van der Waals surface area contributed by atoms with Gasteiger partial charge in [0.15, 0.2) is 0 Å². The molecule has 0 radical (unpaired) electrons. The normalized spacial score (nSPS) is 19.9. The molecule has 0 N–H and O–H groups in total. The van der Waals surface area contributed by atoms with Crippen molar-refractivity contribution in [3.63, 3.8) is 0 Å². The number of aromatic nitrogens is 2. The zero-order chi connectivity index (χ0) is 14.9. The van der Waals surface area contributed by atoms with E-state index in [0.717, 1.165) is 25.9 Å². The van der Waals surface area contributed by atoms with Gasteiger partial charge in [-0.1, -0.05) is 0 Å². The number of hydrogen-bond acceptors (Lipinski definition) is 6. The van der Waals surface area contributed by atoms with Crippen LogP contribution in [0.1, 0.15) is 18.5 Å². The molecular weight excluding hydrogens is 282 g/mol. The third kappa shape index (κ3) is 2.99. The molecule has 1 aliphatic heterocycles. The number of hydrogen-bond donors (Lipinski definition) is 0. The number of piperidine rings is 1. The number of nitro groups is 1. The van der Waals surface area contributed by atoms with Crippen molar-refractivity contribution in [3.8, 4) is 0 Å². The Kier molecular flexibility index (Phi) is 4.39. The fourth-order valence-electron chi connectivity index (χ4n) is 2.61. The van der Waals surface area contributed by atoms with Crippen LogP contribution in [-0.2, 0) is 0 Å². The van der Waals surface area contributed by atoms with Gasteiger partial charge in [0.1, 0.15) is 5.69 Å². The predicted molar refractivity (Wildman–Crippen MR) is 77.4 cm³/mol. The molecule has 1 aliphatic rings. The summed E-state index contributed by atoms with van der Waals surface area (Å²) in [5, 5.41) is 11.3. The first-order chi connectivity index (χ1) is 9.40. The van der Waals surface area contributed by atoms with Gasteiger partial charge in [-0.3, -0.25) is 10.1 Å². The zero-order valence-corrected chi connectivity index (χ0v) is 12.6. The van der Waals surface area contributed by atoms with Crippen LogP contribution in [0.4, 0.5) is 11.5 Å². The molecule has 110 valence electrons. The molecule has 1 unspecified atom stereocenters. The van der Waals surface area contributed by atoms with Crippen molar-refractivity contribution < 1.29 is 4.92 Å². The summed E-state index contributed by atoms with van der Waals surface area (Å²) >= 11 is 5.86. The Hall–Kier alpha value is -1.47. The molecule has 1 saturated heterocycles. The van der Waals surface area contributed by atoms with Gasteiger partial charge in [-0.2, -0.15) is 4.98 Å². The third-order valence-electron chi connectivity index (χ3n) is 3.68. The Balaban J connectivity index is 2.37. The fraction of sp³-hybridized carbons (Fsp3) is 0.667. The van der Waals surface area contributed by atoms with Crippen LogP contribution in [0.2, 0.25) is 5.28 Å². The highest BCUT2D eigenvalue weighted by Crippen LogP contribution is 2.31. The van der Waals surface area contributed by atoms with E-state index >= 15 is 0 Å². The standard InChI is InChI=1S/C12H18ClN5O2/c1-8-10(18(19)20)11(15-12(13)14-8)17(3)9-5-4-6-16(2)7-9/h9H,4-7H2,1-3H3. The molecule has 8 heteroatoms. The first-order valence-electron chi connectivity index (χ1n) is 6.50. The van der Waals surface area contributed by atoms with Gasteiger partial charge in [-0.05, 0) is 45.0 Å². The molecule has 20 heavy (non-hydrogen) atoms. The quantitative estimate of drug-likeness (QED) is 0.482. The summed E-state index contributed by atoms with van der Waals surface area (Å²) in [6.07, 6.45) is 2.05. The van der Waals surface area contributed by atoms with E-state index in [-0.39, 0.29) is 17.0 Å². The van der Waals surface area contributed by atoms with Crippen LogP contribution in [0.5, 0.6) is 0 Å². The molecule has 2 heterocycles. The van der Waals surface area contributed by atoms with Crippen LogP contribution >= 0.6 is 11.6 Å². The molecule has 0 aliphatic carbocycles. The minimum absolute atomic E-state index is 0.0408. The maximum absolute atomic E-state index is 11.3. The van der Waals surface area contributed by atoms with Gasteiger partial charge in [-0.25, -0.2) is 4.98 Å². The van der Waals surface area contributed by atoms with E-state index in [1.54, 1.807) is 6.92 Å². The highest BCUT2D eigenvalue weighted by molar-refractivity contribution is 6.28. The summed E-state index contributed by atoms with van der Waals surface area (Å²) < 4.78 is 0. The van der Waals surface area contributed by atoms with Gasteiger partial charge >= 0.3 is 5.69 Å². The number of halogens is 1. The lowest BCUT2D eigenvalue weighted by Gasteiger charge is -2.36. The van der Waals surface area contributed by atoms with Crippen molar-refractivity contribution in [2.45, 2.75) is 25.8 Å². The minimum atomic E-state index is -0.440. The summed E-state index contributed by atoms with van der Waals surface area (Å²) in [5.41, 5.74) is 0.228. The fourth-order valence-corrected chi connectivity index (χ4v) is 2.81. The number of aryl methyl sites for hydroxylation is 1. The van der Waals surface area contributed by atoms with Crippen molar-refractivity contribution >= 4 is 23.1 Å². The molecule has 0 saturated carbocycles. The van der Waals surface area contributed by atoms with E-state index in [2.05, 4.69) is 14.9 Å². The zero-order valence-electron chi connectivity index (χ0n) is 11.8. The molecule has 7 nitrogen and oxygen atoms in total. The number of rotatable bonds is 3. The maximum Gasteiger partial charge on any atom is 0.332 e. The highest BCUT2D eigenvalue weighted by atomic mass is 35.5. The summed E-state index contributed by atoms with van der Waals surface area (Å²) in [6, 6.07) is 0.192. The van der Waals surface area contributed by atoms with Gasteiger partial charge in [0.25, 0.3) is 0 Å². The number of likely N-dealkylation sites (N-methyl/N-ethyl adjacent to an activating group) is 2. The molecular formula is C12H18ClN5O2. The Morgan fingerprint density at radius 2 is 2.20 bits per heavy atom. The van der Waals surface area contributed by atoms with Crippen LogP contribution in [0.3, 0.4) is 0 Å². The third-order valence-corrected chi connectivity index (χ3v) is 3.85. The second kappa shape index (κ2) is 5.88. The van der Waals surface area contributed by atoms with Crippen molar-refractivity contribution in [2.75, 3.05) is 32.1 Å². The predicted octanol–water partition coefficient (Wildman–Crippen LogP) is 1.88. The highest BCUT2D eigenvalue weighted by Gasteiger charge is 2.30. The van der Waals surface area contributed by atoms with Crippen LogP contribution in [0, 0.1) is 17.0 Å². The van der Waals surface area contributed by atoms with E-state index in [1.807, 2.05) is 19.0 Å². The van der Waals surface area contributed by atoms with Crippen LogP contribution < -0.4 is 4.90 Å². The summed E-state index contributed by atoms with van der Waals surface area (Å²) in [6.45, 7) is 3.49. The van der Waals surface area contributed by atoms with Gasteiger partial charge in [0.05, 0.1) is 4.92 Å². The minimum Gasteiger partial charge on any atom is -0.350 e. The largest absolute Gasteiger partial charge is 0.350 e. The van der Waals surface area contributed by atoms with E-state index in [0.29, 0.717) is 11.5 Å². The molecule has 0 aromatic carbocycles. The summed E-state index contributed by atoms with van der Waals surface area (Å²) in [4.78, 5) is 22.8. The molecule has 2 rings (SSSR count). The first-order valence-corrected chi connectivity index (χ1v) is 6.88. The first kappa shape index (κ1) is 14.9. The molecule has 1 aromatic rings. The van der Waals surface area contributed by atoms with E-state index in [1.165, 1.54) is 0 Å². The van der Waals surface area contributed by atoms with E-state index in [4.69, 9.17) is 11.6 Å². The molecule has 0 bridgehead atoms. The van der Waals surface area contributed by atoms with Crippen LogP contribution in [-0.4, -0.2) is 53.0 Å². The van der Waals surface area contributed by atoms with Crippen molar-refractivity contribution in [3.05, 3.63) is 21.1 Å². The van der Waals surface area contributed by atoms with Crippen molar-refractivity contribution in [1.82, 2.24) is 14.9 Å². The van der Waals surface area contributed by atoms with Gasteiger partial charge in [-0.15, -0.1) is 0 Å². The second-order valence-corrected chi connectivity index (χ2v) is 5.51. The Labute approximate surface area is 122 Å². The monoisotopic (exact) mass is 299 g/mol. The van der Waals surface area contributed by atoms with E-state index in [9.17, 15) is 10.1 Å². The average molecular weight is 300 g/mol. The number of likely N-dealkylation sites (tertiary alicyclic amines) is 1. The Bertz CT molecular complexity index is 525. The lowest BCUT2D eigenvalue weighted by Crippen LogP contribution is -2.45. The Morgan fingerprint density at radius 1 is 1.50 bits per heavy atom. The SMILES string of the molecule is Cc1nc(Cl)nc(N(C)C2CCCN(C)C2)c1[N+](=O)[O-]. The molecule has 1 aromatic heterocycles. The lowest BCUT2D eigenvalue weighted by molar-refractivity contribution is -0.385. The lowest BCUT2D eigenvalue weighted by atomic mass is 10.0. The molecule has 1 atom stereocenters. The van der Waals surface area contributed by atoms with Gasteiger partial charge in [0, 0.05) is 19.6 Å². The summed E-state index contributed by atoms with van der Waals surface area (Å²) in [7, 11) is 3.88. The molecule has 0 spiro atoms. The number of nitrogens with zero attached hydrogens (tertiary/aromatic N) is 5. The van der Waals surface area contributed by atoms with Crippen molar-refractivity contribution in [1.29, 1.82) is 0 Å². The van der Waals surface area contributed by atoms with E-state index < -0.39 is 4.92 Å². The van der Waals surface area contributed by atoms with Crippen LogP contribution in [0.15, 0.2) is 0 Å². The van der Waals surface area contributed by atoms with Crippen LogP contribution in [0.25, 0.3) is 0 Å². The number of anilines is 1. The second-order valence-electron chi connectivity index (χ2n) is 5.18. The maximum atomic E-state index is 11.3. The van der Waals surface area contributed by atoms with Crippen molar-refractivity contribution in [2.24, 2.45) is 0 Å². The smallest absolute Gasteiger partial charge is 0.332 e. The van der Waals surface area contributed by atoms with Gasteiger partial charge < -0.3 is 9.80 Å². The topological polar surface area (TPSA) is 75.4 Å². The average Bonchev–Trinajstić information content (AvgIpc) is 2.36. The molecule has 0 amide bonds. The van der Waals surface area contributed by atoms with Gasteiger partial charge in [0.2, 0.25) is 11.1 Å². The Morgan fingerprint density at radius 3 is 2.80 bits per heavy atom. The summed E-state index contributed by atoms with van der Waals surface area (Å²) in [5.74, 6) is 0.299.